The molecule has 4 rings (SSSR count). The molecule has 1 fully saturated rings. The topological polar surface area (TPSA) is 115 Å². The van der Waals surface area contributed by atoms with Crippen molar-refractivity contribution >= 4 is 42.7 Å². The molecule has 1 aliphatic rings. The predicted octanol–water partition coefficient (Wildman–Crippen LogP) is 3.60. The number of hydrogen-bond donors (Lipinski definition) is 1. The van der Waals surface area contributed by atoms with Crippen LogP contribution in [0.3, 0.4) is 0 Å². The number of amides is 1. The van der Waals surface area contributed by atoms with Gasteiger partial charge in [-0.3, -0.25) is 9.63 Å². The highest BCUT2D eigenvalue weighted by Gasteiger charge is 2.32. The van der Waals surface area contributed by atoms with Crippen LogP contribution in [-0.4, -0.2) is 31.4 Å². The first-order valence-corrected chi connectivity index (χ1v) is 12.5. The molecule has 31 heavy (non-hydrogen) atoms. The van der Waals surface area contributed by atoms with E-state index in [1.54, 1.807) is 24.4 Å². The SMILES string of the molecule is CON(C(=O)C(CC1CCCC1)c1ccc(S(N)(=O)=O)cc1)c1nc2cccnc2s1. The summed E-state index contributed by atoms with van der Waals surface area (Å²) in [7, 11) is -2.36. The Balaban J connectivity index is 1.68. The number of nitrogens with two attached hydrogens (primary N) is 1. The van der Waals surface area contributed by atoms with Crippen LogP contribution in [0.2, 0.25) is 0 Å². The zero-order valence-electron chi connectivity index (χ0n) is 17.1. The Bertz CT molecular complexity index is 1140. The summed E-state index contributed by atoms with van der Waals surface area (Å²) in [4.78, 5) is 28.6. The quantitative estimate of drug-likeness (QED) is 0.539. The molecule has 0 bridgehead atoms. The van der Waals surface area contributed by atoms with Gasteiger partial charge in [-0.05, 0) is 42.2 Å². The second-order valence-corrected chi connectivity index (χ2v) is 10.2. The lowest BCUT2D eigenvalue weighted by atomic mass is 9.87. The summed E-state index contributed by atoms with van der Waals surface area (Å²) >= 11 is 1.28. The first-order valence-electron chi connectivity index (χ1n) is 10.1. The van der Waals surface area contributed by atoms with E-state index in [4.69, 9.17) is 9.98 Å². The molecule has 1 atom stereocenters. The van der Waals surface area contributed by atoms with Crippen LogP contribution >= 0.6 is 11.3 Å². The van der Waals surface area contributed by atoms with Crippen molar-refractivity contribution in [1.82, 2.24) is 9.97 Å². The van der Waals surface area contributed by atoms with Crippen LogP contribution < -0.4 is 10.2 Å². The summed E-state index contributed by atoms with van der Waals surface area (Å²) in [6.07, 6.45) is 6.82. The van der Waals surface area contributed by atoms with Gasteiger partial charge >= 0.3 is 0 Å². The number of nitrogens with zero attached hydrogens (tertiary/aromatic N) is 3. The molecule has 8 nitrogen and oxygen atoms in total. The predicted molar refractivity (Wildman–Crippen MR) is 119 cm³/mol. The van der Waals surface area contributed by atoms with Crippen molar-refractivity contribution in [2.45, 2.75) is 42.9 Å². The van der Waals surface area contributed by atoms with Gasteiger partial charge in [0.25, 0.3) is 5.91 Å². The first kappa shape index (κ1) is 21.8. The molecule has 0 spiro atoms. The molecule has 0 saturated heterocycles. The third-order valence-corrected chi connectivity index (χ3v) is 7.54. The standard InChI is InChI=1S/C21H24N4O4S2/c1-29-25(21-24-18-7-4-12-23-19(18)30-21)20(26)17(13-14-5-2-3-6-14)15-8-10-16(11-9-15)31(22,27)28/h4,7-12,14,17H,2-3,5-6,13H2,1H3,(H2,22,27,28). The Morgan fingerprint density at radius 1 is 1.26 bits per heavy atom. The van der Waals surface area contributed by atoms with Gasteiger partial charge in [-0.15, -0.1) is 0 Å². The van der Waals surface area contributed by atoms with Crippen molar-refractivity contribution in [3.63, 3.8) is 0 Å². The minimum atomic E-state index is -3.80. The van der Waals surface area contributed by atoms with Gasteiger partial charge in [-0.25, -0.2) is 23.5 Å². The molecule has 1 aliphatic carbocycles. The molecule has 1 aromatic carbocycles. The van der Waals surface area contributed by atoms with E-state index in [1.165, 1.54) is 35.6 Å². The Labute approximate surface area is 185 Å². The number of benzene rings is 1. The van der Waals surface area contributed by atoms with Gasteiger partial charge in [-0.1, -0.05) is 49.2 Å². The number of sulfonamides is 1. The second-order valence-electron chi connectivity index (χ2n) is 7.69. The minimum absolute atomic E-state index is 0.0177. The molecule has 0 aliphatic heterocycles. The number of anilines is 1. The normalized spacial score (nSPS) is 15.9. The number of primary sulfonamides is 1. The van der Waals surface area contributed by atoms with Crippen molar-refractivity contribution in [2.24, 2.45) is 11.1 Å². The number of fused-ring (bicyclic) bond motifs is 1. The fourth-order valence-electron chi connectivity index (χ4n) is 4.10. The molecule has 1 unspecified atom stereocenters. The molecular weight excluding hydrogens is 436 g/mol. The molecule has 10 heteroatoms. The maximum Gasteiger partial charge on any atom is 0.260 e. The maximum absolute atomic E-state index is 13.6. The number of thiazole rings is 1. The molecule has 2 heterocycles. The fraction of sp³-hybridized carbons (Fsp3) is 0.381. The molecule has 1 amide bonds. The monoisotopic (exact) mass is 460 g/mol. The Morgan fingerprint density at radius 2 is 1.97 bits per heavy atom. The van der Waals surface area contributed by atoms with Gasteiger partial charge in [0, 0.05) is 6.20 Å². The van der Waals surface area contributed by atoms with E-state index in [-0.39, 0.29) is 10.8 Å². The Morgan fingerprint density at radius 3 is 2.58 bits per heavy atom. The van der Waals surface area contributed by atoms with E-state index in [9.17, 15) is 13.2 Å². The summed E-state index contributed by atoms with van der Waals surface area (Å²) in [5.41, 5.74) is 1.42. The highest BCUT2D eigenvalue weighted by Crippen LogP contribution is 2.37. The minimum Gasteiger partial charge on any atom is -0.271 e. The molecule has 3 aromatic rings. The van der Waals surface area contributed by atoms with Crippen molar-refractivity contribution in [2.75, 3.05) is 12.2 Å². The van der Waals surface area contributed by atoms with Crippen LogP contribution in [0.4, 0.5) is 5.13 Å². The fourth-order valence-corrected chi connectivity index (χ4v) is 5.51. The maximum atomic E-state index is 13.6. The van der Waals surface area contributed by atoms with E-state index >= 15 is 0 Å². The summed E-state index contributed by atoms with van der Waals surface area (Å²) in [6.45, 7) is 0. The number of hydroxylamine groups is 1. The van der Waals surface area contributed by atoms with Crippen molar-refractivity contribution in [3.05, 3.63) is 48.2 Å². The number of rotatable bonds is 7. The Kier molecular flexibility index (Phi) is 6.33. The van der Waals surface area contributed by atoms with Crippen LogP contribution in [0.15, 0.2) is 47.5 Å². The van der Waals surface area contributed by atoms with Crippen LogP contribution in [-0.2, 0) is 19.7 Å². The zero-order chi connectivity index (χ0) is 22.0. The molecule has 2 N–H and O–H groups in total. The van der Waals surface area contributed by atoms with Crippen LogP contribution in [0.25, 0.3) is 10.3 Å². The van der Waals surface area contributed by atoms with Crippen LogP contribution in [0.5, 0.6) is 0 Å². The van der Waals surface area contributed by atoms with Gasteiger partial charge in [0.05, 0.1) is 17.9 Å². The lowest BCUT2D eigenvalue weighted by molar-refractivity contribution is -0.126. The van der Waals surface area contributed by atoms with Gasteiger partial charge in [-0.2, -0.15) is 5.06 Å². The summed E-state index contributed by atoms with van der Waals surface area (Å²) in [5.74, 6) is -0.294. The van der Waals surface area contributed by atoms with E-state index < -0.39 is 15.9 Å². The third-order valence-electron chi connectivity index (χ3n) is 5.66. The lowest BCUT2D eigenvalue weighted by Gasteiger charge is -2.25. The number of carbonyl (C=O) groups excluding carboxylic acids is 1. The smallest absolute Gasteiger partial charge is 0.260 e. The summed E-state index contributed by atoms with van der Waals surface area (Å²) in [5, 5.41) is 6.86. The van der Waals surface area contributed by atoms with Gasteiger partial charge < -0.3 is 0 Å². The Hall–Kier alpha value is -2.40. The van der Waals surface area contributed by atoms with Crippen LogP contribution in [0, 0.1) is 5.92 Å². The highest BCUT2D eigenvalue weighted by atomic mass is 32.2. The summed E-state index contributed by atoms with van der Waals surface area (Å²) in [6, 6.07) is 9.83. The van der Waals surface area contributed by atoms with Crippen molar-refractivity contribution in [1.29, 1.82) is 0 Å². The summed E-state index contributed by atoms with van der Waals surface area (Å²) < 4.78 is 23.2. The number of aromatic nitrogens is 2. The first-order chi connectivity index (χ1) is 14.9. The van der Waals surface area contributed by atoms with Crippen LogP contribution in [0.1, 0.15) is 43.6 Å². The average molecular weight is 461 g/mol. The molecule has 1 saturated carbocycles. The highest BCUT2D eigenvalue weighted by molar-refractivity contribution is 7.89. The van der Waals surface area contributed by atoms with E-state index in [1.807, 2.05) is 6.07 Å². The van der Waals surface area contributed by atoms with Gasteiger partial charge in [0.1, 0.15) is 10.3 Å². The molecule has 2 aromatic heterocycles. The van der Waals surface area contributed by atoms with E-state index in [0.29, 0.717) is 23.0 Å². The van der Waals surface area contributed by atoms with E-state index in [2.05, 4.69) is 9.97 Å². The average Bonchev–Trinajstić information content (AvgIpc) is 3.41. The number of pyridine rings is 1. The van der Waals surface area contributed by atoms with Gasteiger partial charge in [0.15, 0.2) is 0 Å². The number of hydrogen-bond acceptors (Lipinski definition) is 7. The van der Waals surface area contributed by atoms with E-state index in [0.717, 1.165) is 36.1 Å². The number of carbonyl (C=O) groups is 1. The third kappa shape index (κ3) is 4.77. The molecule has 164 valence electrons. The zero-order valence-corrected chi connectivity index (χ0v) is 18.7. The lowest BCUT2D eigenvalue weighted by Crippen LogP contribution is -2.35. The second kappa shape index (κ2) is 8.99. The molecular formula is C21H24N4O4S2. The largest absolute Gasteiger partial charge is 0.271 e. The van der Waals surface area contributed by atoms with Crippen molar-refractivity contribution in [3.8, 4) is 0 Å². The molecule has 0 radical (unpaired) electrons. The van der Waals surface area contributed by atoms with Crippen molar-refractivity contribution < 1.29 is 18.0 Å². The van der Waals surface area contributed by atoms with Gasteiger partial charge in [0.2, 0.25) is 15.2 Å².